The summed E-state index contributed by atoms with van der Waals surface area (Å²) in [4.78, 5) is 19.3. The minimum Gasteiger partial charge on any atom is -0.495 e. The third-order valence-electron chi connectivity index (χ3n) is 6.22. The Balaban J connectivity index is 1.47. The van der Waals surface area contributed by atoms with Crippen LogP contribution in [0.4, 0.5) is 10.1 Å². The van der Waals surface area contributed by atoms with Crippen LogP contribution in [0, 0.1) is 12.7 Å². The first-order valence-corrected chi connectivity index (χ1v) is 12.9. The van der Waals surface area contributed by atoms with Crippen LogP contribution in [0.5, 0.6) is 5.75 Å². The van der Waals surface area contributed by atoms with Gasteiger partial charge in [0.25, 0.3) is 0 Å². The first-order chi connectivity index (χ1) is 18.0. The lowest BCUT2D eigenvalue weighted by molar-refractivity contribution is -0.117. The van der Waals surface area contributed by atoms with Gasteiger partial charge in [0.1, 0.15) is 11.6 Å². The lowest BCUT2D eigenvalue weighted by Gasteiger charge is -2.29. The molecule has 0 unspecified atom stereocenters. The Bertz CT molecular complexity index is 1250. The molecule has 1 aliphatic heterocycles. The van der Waals surface area contributed by atoms with Crippen LogP contribution in [0.3, 0.4) is 0 Å². The van der Waals surface area contributed by atoms with Gasteiger partial charge in [0, 0.05) is 37.3 Å². The highest BCUT2D eigenvalue weighted by Crippen LogP contribution is 2.26. The van der Waals surface area contributed by atoms with Gasteiger partial charge >= 0.3 is 0 Å². The lowest BCUT2D eigenvalue weighted by atomic mass is 10.0. The molecule has 2 heterocycles. The molecule has 0 saturated carbocycles. The van der Waals surface area contributed by atoms with Gasteiger partial charge in [0.2, 0.25) is 5.91 Å². The van der Waals surface area contributed by atoms with Crippen LogP contribution in [0.25, 0.3) is 11.8 Å². The second-order valence-corrected chi connectivity index (χ2v) is 9.26. The zero-order chi connectivity index (χ0) is 26.2. The molecule has 3 aromatic rings. The fourth-order valence-electron chi connectivity index (χ4n) is 4.28. The fourth-order valence-corrected chi connectivity index (χ4v) is 4.41. The maximum atomic E-state index is 14.8. The van der Waals surface area contributed by atoms with Crippen molar-refractivity contribution in [3.8, 4) is 11.4 Å². The number of methoxy groups -OCH3 is 1. The standard InChI is InChI=1S/C28H32ClFN4O3/c1-20-18-34(19-32-20)26-8-5-21(16-27(26)36-2)14-23(4-3-9-29)28(35)31-17-22-6-7-25(24(30)15-22)33-10-12-37-13-11-33/h5-8,14-16,18-19H,3-4,9-13,17H2,1-2H3,(H,31,35). The van der Waals surface area contributed by atoms with E-state index in [1.54, 1.807) is 19.5 Å². The average molecular weight is 527 g/mol. The number of aryl methyl sites for hydroxylation is 1. The Morgan fingerprint density at radius 3 is 2.68 bits per heavy atom. The summed E-state index contributed by atoms with van der Waals surface area (Å²) in [5.74, 6) is 0.600. The molecule has 1 amide bonds. The molecule has 0 aliphatic carbocycles. The Labute approximate surface area is 221 Å². The van der Waals surface area contributed by atoms with Crippen molar-refractivity contribution in [1.29, 1.82) is 0 Å². The molecule has 2 aromatic carbocycles. The molecule has 1 aliphatic rings. The van der Waals surface area contributed by atoms with Crippen molar-refractivity contribution in [3.05, 3.63) is 77.1 Å². The van der Waals surface area contributed by atoms with E-state index < -0.39 is 0 Å². The molecule has 0 atom stereocenters. The maximum absolute atomic E-state index is 14.8. The number of aromatic nitrogens is 2. The molecule has 0 spiro atoms. The summed E-state index contributed by atoms with van der Waals surface area (Å²) in [6.07, 6.45) is 6.68. The number of hydrogen-bond donors (Lipinski definition) is 1. The smallest absolute Gasteiger partial charge is 0.247 e. The topological polar surface area (TPSA) is 68.6 Å². The second kappa shape index (κ2) is 12.7. The second-order valence-electron chi connectivity index (χ2n) is 8.88. The predicted octanol–water partition coefficient (Wildman–Crippen LogP) is 4.88. The van der Waals surface area contributed by atoms with E-state index in [9.17, 15) is 9.18 Å². The monoisotopic (exact) mass is 526 g/mol. The van der Waals surface area contributed by atoms with Crippen LogP contribution in [0.1, 0.15) is 29.7 Å². The van der Waals surface area contributed by atoms with Gasteiger partial charge in [0.15, 0.2) is 0 Å². The molecule has 1 fully saturated rings. The number of nitrogens with one attached hydrogen (secondary N) is 1. The number of amides is 1. The summed E-state index contributed by atoms with van der Waals surface area (Å²) in [6.45, 7) is 4.65. The van der Waals surface area contributed by atoms with Crippen molar-refractivity contribution in [2.24, 2.45) is 0 Å². The number of nitrogens with zero attached hydrogens (tertiary/aromatic N) is 3. The number of carbonyl (C=O) groups excluding carboxylic acids is 1. The number of morpholine rings is 1. The number of ether oxygens (including phenoxy) is 2. The van der Waals surface area contributed by atoms with Crippen molar-refractivity contribution in [2.75, 3.05) is 44.2 Å². The van der Waals surface area contributed by atoms with E-state index >= 15 is 0 Å². The third-order valence-corrected chi connectivity index (χ3v) is 6.49. The van der Waals surface area contributed by atoms with Gasteiger partial charge in [0.05, 0.1) is 43.7 Å². The van der Waals surface area contributed by atoms with E-state index in [0.717, 1.165) is 16.9 Å². The minimum absolute atomic E-state index is 0.212. The normalized spacial score (nSPS) is 14.1. The summed E-state index contributed by atoms with van der Waals surface area (Å²) in [5.41, 5.74) is 4.44. The van der Waals surface area contributed by atoms with Crippen molar-refractivity contribution in [2.45, 2.75) is 26.3 Å². The number of benzene rings is 2. The number of anilines is 1. The molecule has 1 aromatic heterocycles. The van der Waals surface area contributed by atoms with Crippen LogP contribution in [-0.4, -0.2) is 54.8 Å². The van der Waals surface area contributed by atoms with Crippen molar-refractivity contribution >= 4 is 29.3 Å². The van der Waals surface area contributed by atoms with Gasteiger partial charge in [-0.25, -0.2) is 9.37 Å². The van der Waals surface area contributed by atoms with E-state index in [4.69, 9.17) is 21.1 Å². The Morgan fingerprint density at radius 1 is 1.22 bits per heavy atom. The number of imidazole rings is 1. The minimum atomic E-state index is -0.299. The molecule has 196 valence electrons. The van der Waals surface area contributed by atoms with E-state index in [0.29, 0.717) is 67.6 Å². The zero-order valence-corrected chi connectivity index (χ0v) is 21.9. The Hall–Kier alpha value is -3.36. The van der Waals surface area contributed by atoms with Crippen molar-refractivity contribution in [1.82, 2.24) is 14.9 Å². The van der Waals surface area contributed by atoms with E-state index in [1.807, 2.05) is 52.9 Å². The highest BCUT2D eigenvalue weighted by Gasteiger charge is 2.16. The molecular weight excluding hydrogens is 495 g/mol. The van der Waals surface area contributed by atoms with Crippen LogP contribution >= 0.6 is 11.6 Å². The Kier molecular flexibility index (Phi) is 9.19. The number of halogens is 2. The highest BCUT2D eigenvalue weighted by molar-refractivity contribution is 6.17. The largest absolute Gasteiger partial charge is 0.495 e. The average Bonchev–Trinajstić information content (AvgIpc) is 3.35. The summed E-state index contributed by atoms with van der Waals surface area (Å²) < 4.78 is 27.6. The lowest BCUT2D eigenvalue weighted by Crippen LogP contribution is -2.36. The van der Waals surface area contributed by atoms with Gasteiger partial charge < -0.3 is 24.3 Å². The highest BCUT2D eigenvalue weighted by atomic mass is 35.5. The first kappa shape index (κ1) is 26.7. The molecule has 7 nitrogen and oxygen atoms in total. The first-order valence-electron chi connectivity index (χ1n) is 12.3. The molecule has 0 bridgehead atoms. The maximum Gasteiger partial charge on any atom is 0.247 e. The summed E-state index contributed by atoms with van der Waals surface area (Å²) in [5, 5.41) is 2.93. The molecule has 1 saturated heterocycles. The van der Waals surface area contributed by atoms with E-state index in [1.165, 1.54) is 6.07 Å². The number of hydrogen-bond acceptors (Lipinski definition) is 5. The molecule has 37 heavy (non-hydrogen) atoms. The third kappa shape index (κ3) is 6.90. The quantitative estimate of drug-likeness (QED) is 0.301. The molecule has 1 N–H and O–H groups in total. The van der Waals surface area contributed by atoms with Gasteiger partial charge in [-0.3, -0.25) is 4.79 Å². The van der Waals surface area contributed by atoms with E-state index in [-0.39, 0.29) is 18.3 Å². The van der Waals surface area contributed by atoms with Crippen LogP contribution in [0.15, 0.2) is 54.5 Å². The summed E-state index contributed by atoms with van der Waals surface area (Å²) >= 11 is 5.92. The zero-order valence-electron chi connectivity index (χ0n) is 21.2. The number of alkyl halides is 1. The summed E-state index contributed by atoms with van der Waals surface area (Å²) in [7, 11) is 1.61. The number of rotatable bonds is 10. The predicted molar refractivity (Wildman–Crippen MR) is 144 cm³/mol. The molecule has 0 radical (unpaired) electrons. The molecule has 9 heteroatoms. The fraction of sp³-hybridized carbons (Fsp3) is 0.357. The molecular formula is C28H32ClFN4O3. The van der Waals surface area contributed by atoms with Crippen LogP contribution < -0.4 is 15.0 Å². The van der Waals surface area contributed by atoms with Gasteiger partial charge in [-0.2, -0.15) is 0 Å². The SMILES string of the molecule is COc1cc(C=C(CCCCl)C(=O)NCc2ccc(N3CCOCC3)c(F)c2)ccc1-n1cnc(C)c1. The summed E-state index contributed by atoms with van der Waals surface area (Å²) in [6, 6.07) is 10.8. The van der Waals surface area contributed by atoms with Crippen LogP contribution in [-0.2, 0) is 16.1 Å². The van der Waals surface area contributed by atoms with Crippen molar-refractivity contribution in [3.63, 3.8) is 0 Å². The van der Waals surface area contributed by atoms with Crippen LogP contribution in [0.2, 0.25) is 0 Å². The number of carbonyl (C=O) groups is 1. The Morgan fingerprint density at radius 2 is 2.00 bits per heavy atom. The van der Waals surface area contributed by atoms with Gasteiger partial charge in [-0.1, -0.05) is 12.1 Å². The van der Waals surface area contributed by atoms with Crippen molar-refractivity contribution < 1.29 is 18.7 Å². The van der Waals surface area contributed by atoms with Gasteiger partial charge in [-0.05, 0) is 61.2 Å². The molecule has 4 rings (SSSR count). The van der Waals surface area contributed by atoms with E-state index in [2.05, 4.69) is 10.3 Å². The van der Waals surface area contributed by atoms with Gasteiger partial charge in [-0.15, -0.1) is 11.6 Å².